The maximum atomic E-state index is 12.7. The lowest BCUT2D eigenvalue weighted by Crippen LogP contribution is -2.36. The van der Waals surface area contributed by atoms with Gasteiger partial charge in [0, 0.05) is 5.41 Å². The molecule has 2 saturated carbocycles. The first-order valence-corrected chi connectivity index (χ1v) is 9.18. The van der Waals surface area contributed by atoms with Gasteiger partial charge in [0.25, 0.3) is 0 Å². The molecular formula is C21H30O2. The van der Waals surface area contributed by atoms with Crippen LogP contribution in [0.4, 0.5) is 0 Å². The first kappa shape index (κ1) is 16.5. The average Bonchev–Trinajstić information content (AvgIpc) is 3.22. The minimum atomic E-state index is -0.0219. The first-order valence-electron chi connectivity index (χ1n) is 9.18. The summed E-state index contributed by atoms with van der Waals surface area (Å²) < 4.78 is 6.04. The zero-order valence-corrected chi connectivity index (χ0v) is 14.9. The molecule has 0 unspecified atom stereocenters. The van der Waals surface area contributed by atoms with Crippen molar-refractivity contribution in [3.63, 3.8) is 0 Å². The van der Waals surface area contributed by atoms with Crippen LogP contribution >= 0.6 is 0 Å². The largest absolute Gasteiger partial charge is 0.462 e. The molecule has 0 bridgehead atoms. The van der Waals surface area contributed by atoms with E-state index in [-0.39, 0.29) is 23.4 Å². The fourth-order valence-electron chi connectivity index (χ4n) is 4.33. The molecular weight excluding hydrogens is 284 g/mol. The Morgan fingerprint density at radius 2 is 1.91 bits per heavy atom. The Balaban J connectivity index is 1.65. The number of esters is 1. The van der Waals surface area contributed by atoms with Gasteiger partial charge >= 0.3 is 5.97 Å². The van der Waals surface area contributed by atoms with Crippen molar-refractivity contribution in [2.45, 2.75) is 64.9 Å². The van der Waals surface area contributed by atoms with Gasteiger partial charge in [-0.3, -0.25) is 4.79 Å². The van der Waals surface area contributed by atoms with Crippen LogP contribution in [0.1, 0.15) is 58.9 Å². The van der Waals surface area contributed by atoms with Crippen LogP contribution < -0.4 is 0 Å². The van der Waals surface area contributed by atoms with Crippen LogP contribution in [-0.2, 0) is 14.9 Å². The molecule has 0 heterocycles. The van der Waals surface area contributed by atoms with E-state index in [4.69, 9.17) is 4.74 Å². The molecule has 1 aromatic carbocycles. The summed E-state index contributed by atoms with van der Waals surface area (Å²) in [5.41, 5.74) is 1.24. The Morgan fingerprint density at radius 1 is 1.22 bits per heavy atom. The van der Waals surface area contributed by atoms with Crippen LogP contribution in [0.25, 0.3) is 0 Å². The quantitative estimate of drug-likeness (QED) is 0.734. The first-order chi connectivity index (χ1) is 10.9. The van der Waals surface area contributed by atoms with Gasteiger partial charge in [0.05, 0.1) is 5.92 Å². The second-order valence-electron chi connectivity index (χ2n) is 8.34. The van der Waals surface area contributed by atoms with Crippen molar-refractivity contribution in [2.24, 2.45) is 23.7 Å². The molecule has 1 aromatic rings. The van der Waals surface area contributed by atoms with Crippen molar-refractivity contribution in [1.29, 1.82) is 0 Å². The van der Waals surface area contributed by atoms with Gasteiger partial charge in [-0.1, -0.05) is 64.4 Å². The lowest BCUT2D eigenvalue weighted by atomic mass is 9.75. The van der Waals surface area contributed by atoms with E-state index in [0.29, 0.717) is 17.8 Å². The number of hydrogen-bond acceptors (Lipinski definition) is 2. The molecule has 126 valence electrons. The van der Waals surface area contributed by atoms with Crippen LogP contribution in [0, 0.1) is 23.7 Å². The number of carbonyl (C=O) groups is 1. The molecule has 2 nitrogen and oxygen atoms in total. The van der Waals surface area contributed by atoms with Crippen LogP contribution in [-0.4, -0.2) is 12.1 Å². The van der Waals surface area contributed by atoms with Gasteiger partial charge in [0.1, 0.15) is 6.10 Å². The molecule has 2 heteroatoms. The van der Waals surface area contributed by atoms with Crippen LogP contribution in [0.2, 0.25) is 0 Å². The Labute approximate surface area is 140 Å². The molecule has 2 fully saturated rings. The van der Waals surface area contributed by atoms with Gasteiger partial charge < -0.3 is 4.74 Å². The monoisotopic (exact) mass is 314 g/mol. The predicted molar refractivity (Wildman–Crippen MR) is 93.1 cm³/mol. The van der Waals surface area contributed by atoms with Gasteiger partial charge in [0.15, 0.2) is 0 Å². The number of rotatable bonds is 4. The normalized spacial score (nSPS) is 36.7. The zero-order chi connectivity index (χ0) is 16.6. The SMILES string of the molecule is CC(C)[C@H]1CC[C@H](C)C[C@@H]1OC(=O)[C@H]1C[C@@]1(C)c1ccccc1. The highest BCUT2D eigenvalue weighted by Crippen LogP contribution is 2.54. The highest BCUT2D eigenvalue weighted by atomic mass is 16.5. The summed E-state index contributed by atoms with van der Waals surface area (Å²) in [5.74, 6) is 1.84. The summed E-state index contributed by atoms with van der Waals surface area (Å²) in [6.07, 6.45) is 4.53. The minimum Gasteiger partial charge on any atom is -0.462 e. The molecule has 0 aliphatic heterocycles. The molecule has 0 aromatic heterocycles. The fourth-order valence-corrected chi connectivity index (χ4v) is 4.33. The van der Waals surface area contributed by atoms with Crippen LogP contribution in [0.5, 0.6) is 0 Å². The number of benzene rings is 1. The van der Waals surface area contributed by atoms with Gasteiger partial charge in [-0.05, 0) is 42.6 Å². The standard InChI is InChI=1S/C21H30O2/c1-14(2)17-11-10-15(3)12-19(17)23-20(22)18-13-21(18,4)16-8-6-5-7-9-16/h5-9,14-15,17-19H,10-13H2,1-4H3/t15-,17+,18+,19-,21-/m0/s1. The van der Waals surface area contributed by atoms with E-state index in [9.17, 15) is 4.79 Å². The molecule has 0 N–H and O–H groups in total. The molecule has 0 radical (unpaired) electrons. The summed E-state index contributed by atoms with van der Waals surface area (Å²) in [5, 5.41) is 0. The summed E-state index contributed by atoms with van der Waals surface area (Å²) in [6, 6.07) is 10.4. The minimum absolute atomic E-state index is 0.0219. The summed E-state index contributed by atoms with van der Waals surface area (Å²) >= 11 is 0. The van der Waals surface area contributed by atoms with Crippen molar-refractivity contribution < 1.29 is 9.53 Å². The third-order valence-electron chi connectivity index (χ3n) is 6.18. The molecule has 23 heavy (non-hydrogen) atoms. The average molecular weight is 314 g/mol. The van der Waals surface area contributed by atoms with Gasteiger partial charge in [0.2, 0.25) is 0 Å². The maximum Gasteiger partial charge on any atom is 0.310 e. The number of hydrogen-bond donors (Lipinski definition) is 0. The number of carbonyl (C=O) groups excluding carboxylic acids is 1. The molecule has 0 spiro atoms. The Bertz CT molecular complexity index is 550. The third kappa shape index (κ3) is 3.32. The van der Waals surface area contributed by atoms with Crippen LogP contribution in [0.15, 0.2) is 30.3 Å². The van der Waals surface area contributed by atoms with E-state index in [1.165, 1.54) is 18.4 Å². The van der Waals surface area contributed by atoms with Crippen molar-refractivity contribution in [2.75, 3.05) is 0 Å². The fraction of sp³-hybridized carbons (Fsp3) is 0.667. The molecule has 2 aliphatic carbocycles. The molecule has 0 amide bonds. The highest BCUT2D eigenvalue weighted by molar-refractivity contribution is 5.79. The topological polar surface area (TPSA) is 26.3 Å². The second kappa shape index (κ2) is 6.30. The lowest BCUT2D eigenvalue weighted by Gasteiger charge is -2.36. The molecule has 3 rings (SSSR count). The molecule has 5 atom stereocenters. The highest BCUT2D eigenvalue weighted by Gasteiger charge is 2.57. The Kier molecular flexibility index (Phi) is 4.53. The predicted octanol–water partition coefficient (Wildman–Crippen LogP) is 4.97. The Morgan fingerprint density at radius 3 is 2.57 bits per heavy atom. The smallest absolute Gasteiger partial charge is 0.310 e. The second-order valence-corrected chi connectivity index (χ2v) is 8.34. The van der Waals surface area contributed by atoms with Crippen molar-refractivity contribution in [1.82, 2.24) is 0 Å². The van der Waals surface area contributed by atoms with Gasteiger partial charge in [-0.25, -0.2) is 0 Å². The van der Waals surface area contributed by atoms with Gasteiger partial charge in [-0.2, -0.15) is 0 Å². The summed E-state index contributed by atoms with van der Waals surface area (Å²) in [4.78, 5) is 12.7. The maximum absolute atomic E-state index is 12.7. The van der Waals surface area contributed by atoms with E-state index in [0.717, 1.165) is 12.8 Å². The molecule has 0 saturated heterocycles. The van der Waals surface area contributed by atoms with E-state index in [1.54, 1.807) is 0 Å². The summed E-state index contributed by atoms with van der Waals surface area (Å²) in [6.45, 7) is 8.99. The van der Waals surface area contributed by atoms with E-state index in [1.807, 2.05) is 6.07 Å². The van der Waals surface area contributed by atoms with E-state index in [2.05, 4.69) is 52.0 Å². The summed E-state index contributed by atoms with van der Waals surface area (Å²) in [7, 11) is 0. The zero-order valence-electron chi connectivity index (χ0n) is 14.9. The van der Waals surface area contributed by atoms with E-state index < -0.39 is 0 Å². The van der Waals surface area contributed by atoms with Crippen molar-refractivity contribution in [3.8, 4) is 0 Å². The van der Waals surface area contributed by atoms with E-state index >= 15 is 0 Å². The number of ether oxygens (including phenoxy) is 1. The Hall–Kier alpha value is -1.31. The lowest BCUT2D eigenvalue weighted by molar-refractivity contribution is -0.158. The van der Waals surface area contributed by atoms with Gasteiger partial charge in [-0.15, -0.1) is 0 Å². The van der Waals surface area contributed by atoms with Crippen LogP contribution in [0.3, 0.4) is 0 Å². The third-order valence-corrected chi connectivity index (χ3v) is 6.18. The molecule has 2 aliphatic rings. The van der Waals surface area contributed by atoms with Crippen molar-refractivity contribution in [3.05, 3.63) is 35.9 Å². The van der Waals surface area contributed by atoms with Crippen molar-refractivity contribution >= 4 is 5.97 Å².